The number of rotatable bonds is 2. The maximum atomic E-state index is 11.8. The van der Waals surface area contributed by atoms with Gasteiger partial charge in [-0.2, -0.15) is 0 Å². The Morgan fingerprint density at radius 1 is 1.40 bits per heavy atom. The molecule has 1 N–H and O–H groups in total. The molecule has 2 atom stereocenters. The normalized spacial score (nSPS) is 41.7. The molecule has 0 unspecified atom stereocenters. The molecule has 2 fully saturated rings. The highest BCUT2D eigenvalue weighted by atomic mass is 16.6. The monoisotopic (exact) mass is 212 g/mol. The fourth-order valence-electron chi connectivity index (χ4n) is 3.06. The third-order valence-electron chi connectivity index (χ3n) is 4.71. The number of fused-ring (bicyclic) bond motifs is 2. The molecule has 2 aliphatic rings. The first-order valence-electron chi connectivity index (χ1n) is 5.20. The summed E-state index contributed by atoms with van der Waals surface area (Å²) >= 11 is 0. The quantitative estimate of drug-likeness (QED) is 0.706. The van der Waals surface area contributed by atoms with Gasteiger partial charge < -0.3 is 9.84 Å². The molecule has 0 aromatic carbocycles. The number of ether oxygens (including phenoxy) is 1. The molecule has 0 amide bonds. The van der Waals surface area contributed by atoms with Gasteiger partial charge in [0.1, 0.15) is 5.60 Å². The van der Waals surface area contributed by atoms with Crippen LogP contribution in [0.3, 0.4) is 0 Å². The van der Waals surface area contributed by atoms with Gasteiger partial charge in [-0.1, -0.05) is 13.8 Å². The van der Waals surface area contributed by atoms with E-state index in [0.29, 0.717) is 6.42 Å². The van der Waals surface area contributed by atoms with E-state index in [1.54, 1.807) is 0 Å². The topological polar surface area (TPSA) is 63.6 Å². The van der Waals surface area contributed by atoms with Gasteiger partial charge >= 0.3 is 11.9 Å². The van der Waals surface area contributed by atoms with Crippen LogP contribution in [0.2, 0.25) is 0 Å². The fourth-order valence-corrected chi connectivity index (χ4v) is 3.06. The first-order chi connectivity index (χ1) is 6.75. The molecule has 1 aliphatic carbocycles. The second-order valence-electron chi connectivity index (χ2n) is 5.40. The summed E-state index contributed by atoms with van der Waals surface area (Å²) in [5.41, 5.74) is -1.69. The molecular weight excluding hydrogens is 196 g/mol. The zero-order valence-corrected chi connectivity index (χ0v) is 9.29. The Morgan fingerprint density at radius 3 is 2.33 bits per heavy atom. The number of aliphatic carboxylic acids is 1. The lowest BCUT2D eigenvalue weighted by atomic mass is 9.64. The zero-order chi connectivity index (χ0) is 11.5. The van der Waals surface area contributed by atoms with Crippen molar-refractivity contribution in [2.45, 2.75) is 45.6 Å². The van der Waals surface area contributed by atoms with Crippen LogP contribution in [0.5, 0.6) is 0 Å². The highest BCUT2D eigenvalue weighted by molar-refractivity contribution is 5.87. The van der Waals surface area contributed by atoms with Crippen LogP contribution >= 0.6 is 0 Å². The average Bonchev–Trinajstić information content (AvgIpc) is 2.32. The molecule has 84 valence electrons. The Labute approximate surface area is 88.6 Å². The lowest BCUT2D eigenvalue weighted by Crippen LogP contribution is -2.41. The Morgan fingerprint density at radius 2 is 2.00 bits per heavy atom. The van der Waals surface area contributed by atoms with Crippen LogP contribution in [0.4, 0.5) is 0 Å². The average molecular weight is 212 g/mol. The molecule has 4 nitrogen and oxygen atoms in total. The number of hydrogen-bond donors (Lipinski definition) is 1. The Bertz CT molecular complexity index is 346. The van der Waals surface area contributed by atoms with Gasteiger partial charge in [-0.25, -0.2) is 0 Å². The Kier molecular flexibility index (Phi) is 1.77. The lowest BCUT2D eigenvalue weighted by Gasteiger charge is -2.34. The van der Waals surface area contributed by atoms with Crippen LogP contribution in [0, 0.1) is 10.8 Å². The van der Waals surface area contributed by atoms with Crippen molar-refractivity contribution in [3.05, 3.63) is 0 Å². The van der Waals surface area contributed by atoms with E-state index in [-0.39, 0.29) is 12.4 Å². The molecule has 2 rings (SSSR count). The van der Waals surface area contributed by atoms with Crippen LogP contribution in [0.25, 0.3) is 0 Å². The molecule has 0 aromatic heterocycles. The van der Waals surface area contributed by atoms with Gasteiger partial charge in [0.05, 0.1) is 11.8 Å². The van der Waals surface area contributed by atoms with Gasteiger partial charge in [-0.15, -0.1) is 0 Å². The first-order valence-corrected chi connectivity index (χ1v) is 5.20. The van der Waals surface area contributed by atoms with Crippen LogP contribution in [0.1, 0.15) is 40.0 Å². The molecule has 15 heavy (non-hydrogen) atoms. The van der Waals surface area contributed by atoms with Gasteiger partial charge in [0.15, 0.2) is 0 Å². The highest BCUT2D eigenvalue weighted by Gasteiger charge is 2.73. The summed E-state index contributed by atoms with van der Waals surface area (Å²) in [7, 11) is 0. The summed E-state index contributed by atoms with van der Waals surface area (Å²) in [5.74, 6) is -1.25. The van der Waals surface area contributed by atoms with E-state index in [0.717, 1.165) is 6.42 Å². The van der Waals surface area contributed by atoms with Crippen molar-refractivity contribution in [2.24, 2.45) is 10.8 Å². The largest absolute Gasteiger partial charge is 0.481 e. The molecular formula is C11H16O4. The molecule has 0 spiro atoms. The predicted molar refractivity (Wildman–Crippen MR) is 52.2 cm³/mol. The van der Waals surface area contributed by atoms with Crippen LogP contribution in [-0.2, 0) is 14.3 Å². The van der Waals surface area contributed by atoms with Crippen molar-refractivity contribution in [3.8, 4) is 0 Å². The summed E-state index contributed by atoms with van der Waals surface area (Å²) in [6, 6.07) is 0. The molecule has 1 saturated carbocycles. The Hall–Kier alpha value is -1.06. The van der Waals surface area contributed by atoms with Gasteiger partial charge in [-0.3, -0.25) is 9.59 Å². The van der Waals surface area contributed by atoms with E-state index in [1.807, 2.05) is 20.8 Å². The number of carboxylic acids is 1. The third-order valence-corrected chi connectivity index (χ3v) is 4.71. The SMILES string of the molecule is CC1(C)[C@@]2(CC(=O)O)CC[C@]1(C)OC2=O. The third kappa shape index (κ3) is 0.971. The summed E-state index contributed by atoms with van der Waals surface area (Å²) in [4.78, 5) is 22.7. The smallest absolute Gasteiger partial charge is 0.313 e. The molecule has 1 aliphatic heterocycles. The number of carboxylic acid groups (broad SMARTS) is 1. The van der Waals surface area contributed by atoms with Crippen molar-refractivity contribution in [1.82, 2.24) is 0 Å². The van der Waals surface area contributed by atoms with Crippen molar-refractivity contribution in [1.29, 1.82) is 0 Å². The van der Waals surface area contributed by atoms with E-state index >= 15 is 0 Å². The van der Waals surface area contributed by atoms with Gasteiger partial charge in [-0.05, 0) is 19.8 Å². The number of esters is 1. The van der Waals surface area contributed by atoms with Gasteiger partial charge in [0, 0.05) is 5.41 Å². The molecule has 2 bridgehead atoms. The van der Waals surface area contributed by atoms with Crippen LogP contribution in [0.15, 0.2) is 0 Å². The van der Waals surface area contributed by atoms with Gasteiger partial charge in [0.25, 0.3) is 0 Å². The minimum Gasteiger partial charge on any atom is -0.481 e. The maximum absolute atomic E-state index is 11.8. The van der Waals surface area contributed by atoms with E-state index in [4.69, 9.17) is 9.84 Å². The van der Waals surface area contributed by atoms with E-state index in [2.05, 4.69) is 0 Å². The summed E-state index contributed by atoms with van der Waals surface area (Å²) in [6.45, 7) is 5.78. The predicted octanol–water partition coefficient (Wildman–Crippen LogP) is 1.58. The molecule has 1 heterocycles. The number of carbonyl (C=O) groups excluding carboxylic acids is 1. The molecule has 1 saturated heterocycles. The summed E-state index contributed by atoms with van der Waals surface area (Å²) in [6.07, 6.45) is 1.27. The van der Waals surface area contributed by atoms with E-state index in [9.17, 15) is 9.59 Å². The van der Waals surface area contributed by atoms with Crippen molar-refractivity contribution in [2.75, 3.05) is 0 Å². The fraction of sp³-hybridized carbons (Fsp3) is 0.818. The van der Waals surface area contributed by atoms with Crippen LogP contribution in [-0.4, -0.2) is 22.6 Å². The molecule has 0 aromatic rings. The summed E-state index contributed by atoms with van der Waals surface area (Å²) in [5, 5.41) is 8.91. The second-order valence-corrected chi connectivity index (χ2v) is 5.40. The minimum absolute atomic E-state index is 0.117. The van der Waals surface area contributed by atoms with E-state index < -0.39 is 22.4 Å². The minimum atomic E-state index is -0.925. The summed E-state index contributed by atoms with van der Waals surface area (Å²) < 4.78 is 5.36. The van der Waals surface area contributed by atoms with Crippen molar-refractivity contribution < 1.29 is 19.4 Å². The Balaban J connectivity index is 2.47. The number of carbonyl (C=O) groups is 2. The highest BCUT2D eigenvalue weighted by Crippen LogP contribution is 2.66. The van der Waals surface area contributed by atoms with Gasteiger partial charge in [0.2, 0.25) is 0 Å². The lowest BCUT2D eigenvalue weighted by molar-refractivity contribution is -0.162. The zero-order valence-electron chi connectivity index (χ0n) is 9.29. The van der Waals surface area contributed by atoms with Crippen molar-refractivity contribution in [3.63, 3.8) is 0 Å². The van der Waals surface area contributed by atoms with Crippen LogP contribution < -0.4 is 0 Å². The second kappa shape index (κ2) is 2.54. The molecule has 0 radical (unpaired) electrons. The standard InChI is InChI=1S/C11H16O4/c1-9(2)10(3)4-5-11(9,6-7(12)13)8(14)15-10/h4-6H2,1-3H3,(H,12,13)/t10-,11+/m0/s1. The van der Waals surface area contributed by atoms with E-state index in [1.165, 1.54) is 0 Å². The van der Waals surface area contributed by atoms with Crippen molar-refractivity contribution >= 4 is 11.9 Å². The maximum Gasteiger partial charge on any atom is 0.313 e. The molecule has 4 heteroatoms. The first kappa shape index (κ1) is 10.5. The number of hydrogen-bond acceptors (Lipinski definition) is 3.